The summed E-state index contributed by atoms with van der Waals surface area (Å²) in [6.45, 7) is 33.8. The van der Waals surface area contributed by atoms with Crippen molar-refractivity contribution in [3.63, 3.8) is 0 Å². The first-order valence-corrected chi connectivity index (χ1v) is 38.1. The number of nitrogens with zero attached hydrogens (tertiary/aromatic N) is 8. The van der Waals surface area contributed by atoms with E-state index in [9.17, 15) is 13.6 Å². The predicted octanol–water partition coefficient (Wildman–Crippen LogP) is 23.8. The molecule has 1 amide bonds. The van der Waals surface area contributed by atoms with E-state index in [0.717, 1.165) is 96.0 Å². The van der Waals surface area contributed by atoms with E-state index in [1.165, 1.54) is 66.3 Å². The molecule has 1 aliphatic carbocycles. The molecule has 110 heavy (non-hydrogen) atoms. The van der Waals surface area contributed by atoms with Crippen molar-refractivity contribution in [3.05, 3.63) is 288 Å². The van der Waals surface area contributed by atoms with Gasteiger partial charge >= 0.3 is 0 Å². The molecule has 13 rings (SSSR count). The van der Waals surface area contributed by atoms with Gasteiger partial charge in [-0.15, -0.1) is 0 Å². The summed E-state index contributed by atoms with van der Waals surface area (Å²) in [5, 5.41) is 5.47. The van der Waals surface area contributed by atoms with Gasteiger partial charge < -0.3 is 24.8 Å². The van der Waals surface area contributed by atoms with Gasteiger partial charge in [-0.25, -0.2) is 23.7 Å². The van der Waals surface area contributed by atoms with Crippen molar-refractivity contribution in [1.82, 2.24) is 45.2 Å². The Morgan fingerprint density at radius 3 is 1.25 bits per heavy atom. The van der Waals surface area contributed by atoms with E-state index in [1.807, 2.05) is 119 Å². The van der Waals surface area contributed by atoms with Gasteiger partial charge in [0.05, 0.1) is 52.4 Å². The largest absolute Gasteiger partial charge is 0.494 e. The molecule has 572 valence electrons. The van der Waals surface area contributed by atoms with Gasteiger partial charge in [0, 0.05) is 103 Å². The van der Waals surface area contributed by atoms with Gasteiger partial charge in [-0.2, -0.15) is 0 Å². The minimum atomic E-state index is -1.30. The van der Waals surface area contributed by atoms with Gasteiger partial charge in [-0.1, -0.05) is 180 Å². The minimum Gasteiger partial charge on any atom is -0.494 e. The van der Waals surface area contributed by atoms with E-state index in [-0.39, 0.29) is 11.5 Å². The third-order valence-electron chi connectivity index (χ3n) is 17.8. The molecule has 1 aliphatic rings. The smallest absolute Gasteiger partial charge is 0.254 e. The maximum Gasteiger partial charge on any atom is 0.254 e. The Labute approximate surface area is 651 Å². The Morgan fingerprint density at radius 2 is 0.836 bits per heavy atom. The molecule has 7 aromatic heterocycles. The van der Waals surface area contributed by atoms with Crippen molar-refractivity contribution in [1.29, 1.82) is 0 Å². The molecule has 5 aromatic carbocycles. The number of aromatic nitrogens is 8. The van der Waals surface area contributed by atoms with Crippen molar-refractivity contribution in [2.75, 3.05) is 26.0 Å². The zero-order chi connectivity index (χ0) is 79.4. The van der Waals surface area contributed by atoms with E-state index in [2.05, 4.69) is 232 Å². The third-order valence-corrected chi connectivity index (χ3v) is 17.8. The molecule has 0 bridgehead atoms. The molecule has 16 heteroatoms. The molecule has 1 saturated carbocycles. The van der Waals surface area contributed by atoms with Crippen LogP contribution < -0.4 is 24.8 Å². The van der Waals surface area contributed by atoms with Gasteiger partial charge in [-0.05, 0) is 193 Å². The molecule has 0 saturated heterocycles. The number of carbonyl (C=O) groups is 1. The molecule has 1 unspecified atom stereocenters. The number of nitrogens with one attached hydrogen (secondary N) is 2. The van der Waals surface area contributed by atoms with Crippen molar-refractivity contribution in [2.45, 2.75) is 172 Å². The first kappa shape index (κ1) is 84.2. The van der Waals surface area contributed by atoms with Crippen LogP contribution >= 0.6 is 0 Å². The number of alkyl halides is 1. The second-order valence-electron chi connectivity index (χ2n) is 28.7. The highest BCUT2D eigenvalue weighted by Crippen LogP contribution is 2.36. The summed E-state index contributed by atoms with van der Waals surface area (Å²) in [4.78, 5) is 46.9. The summed E-state index contributed by atoms with van der Waals surface area (Å²) in [5.74, 6) is 4.63. The monoisotopic (exact) mass is 1480 g/mol. The average molecular weight is 1480 g/mol. The lowest BCUT2D eigenvalue weighted by atomic mass is 9.95. The molecule has 1 fully saturated rings. The lowest BCUT2D eigenvalue weighted by molar-refractivity contribution is 0.0860. The van der Waals surface area contributed by atoms with Crippen molar-refractivity contribution >= 4 is 11.7 Å². The minimum absolute atomic E-state index is 0.0474. The Morgan fingerprint density at radius 1 is 0.427 bits per heavy atom. The summed E-state index contributed by atoms with van der Waals surface area (Å²) in [5.41, 5.74) is 22.2. The average Bonchev–Trinajstić information content (AvgIpc) is 1.16. The second-order valence-corrected chi connectivity index (χ2v) is 28.7. The van der Waals surface area contributed by atoms with Crippen LogP contribution in [0.25, 0.3) is 66.8 Å². The van der Waals surface area contributed by atoms with Crippen molar-refractivity contribution in [2.24, 2.45) is 0 Å². The zero-order valence-electron chi connectivity index (χ0n) is 67.1. The number of pyridine rings is 6. The standard InChI is InChI=1S/C17H19FN2O.C17H19NO.C16H18FNO.C16H19NO.C14H17N3.C14H16N2/c1-10(2)16-13(7-11(3)9-20-16)12-5-6-15(18)14(8-12)17(21)19-4;1-12(2)17-16(4-3-11-18-17)13-5-7-14(8-6-13)19-15-9-10-15;1-11(2)16-15(5-4-10-18-16)13-6-8-14(9-7-13)19-12(3)17;1-4-18-14-9-7-13(8-10-14)15-6-5-11-17-16(15)12(2)3;1-10(2)14-12(5-4-8-16-14)11-6-7-13(15-3)17-9-11;1-10(2)14-13(8-15-9-16-14)12-6-4-11(3)5-7-12/h5-10H,1-4H3,(H,19,21);3-8,11-12,15H,9-10H2,1-2H3;4-12H,1-3H3;5-12H,4H2,1-3H3;4-10H,1-3H3,(H,15,17);4-10H,1-3H3. The number of ether oxygens (including phenoxy) is 3. The second kappa shape index (κ2) is 41.8. The lowest BCUT2D eigenvalue weighted by Gasteiger charge is -2.14. The van der Waals surface area contributed by atoms with Gasteiger partial charge in [0.1, 0.15) is 35.2 Å². The summed E-state index contributed by atoms with van der Waals surface area (Å²) >= 11 is 0. The van der Waals surface area contributed by atoms with Crippen LogP contribution in [0.15, 0.2) is 232 Å². The highest BCUT2D eigenvalue weighted by molar-refractivity contribution is 5.95. The van der Waals surface area contributed by atoms with E-state index in [0.29, 0.717) is 48.0 Å². The maximum absolute atomic E-state index is 13.8. The molecule has 0 spiro atoms. The van der Waals surface area contributed by atoms with Gasteiger partial charge in [0.15, 0.2) is 0 Å². The molecular weight excluding hydrogens is 1370 g/mol. The predicted molar refractivity (Wildman–Crippen MR) is 447 cm³/mol. The number of benzene rings is 5. The number of hydrogen-bond donors (Lipinski definition) is 2. The summed E-state index contributed by atoms with van der Waals surface area (Å²) in [7, 11) is 3.35. The quantitative estimate of drug-likeness (QED) is 0.0739. The number of carbonyl (C=O) groups excluding carboxylic acids is 1. The van der Waals surface area contributed by atoms with Crippen LogP contribution in [0, 0.1) is 19.7 Å². The molecular formula is C94H108F2N10O4. The Kier molecular flexibility index (Phi) is 32.0. The Hall–Kier alpha value is -11.4. The SMILES string of the molecule is CC(C)c1ncccc1-c1ccc(OC2CC2)cc1.CC(F)Oc1ccc(-c2cccnc2C(C)C)cc1.CCOc1ccc(-c2cccnc2C(C)C)cc1.CNC(=O)c1cc(-c2cc(C)cnc2C(C)C)ccc1F.CNc1ccc(-c2cccnc2C(C)C)cn1.Cc1ccc(-c2cncnc2C(C)C)cc1. The summed E-state index contributed by atoms with van der Waals surface area (Å²) in [6.07, 6.45) is 16.1. The number of aryl methyl sites for hydroxylation is 2. The number of hydrogen-bond acceptors (Lipinski definition) is 13. The van der Waals surface area contributed by atoms with Gasteiger partial charge in [0.2, 0.25) is 6.36 Å². The number of rotatable bonds is 20. The van der Waals surface area contributed by atoms with Crippen LogP contribution in [0.5, 0.6) is 17.2 Å². The first-order chi connectivity index (χ1) is 52.9. The van der Waals surface area contributed by atoms with Crippen LogP contribution in [0.1, 0.15) is 201 Å². The first-order valence-electron chi connectivity index (χ1n) is 38.1. The van der Waals surface area contributed by atoms with Crippen LogP contribution in [-0.4, -0.2) is 78.9 Å². The van der Waals surface area contributed by atoms with Crippen LogP contribution in [0.2, 0.25) is 0 Å². The van der Waals surface area contributed by atoms with E-state index in [4.69, 9.17) is 14.2 Å². The lowest BCUT2D eigenvalue weighted by Crippen LogP contribution is -2.19. The molecule has 7 heterocycles. The van der Waals surface area contributed by atoms with Crippen LogP contribution in [0.3, 0.4) is 0 Å². The van der Waals surface area contributed by atoms with E-state index in [1.54, 1.807) is 36.8 Å². The van der Waals surface area contributed by atoms with Crippen molar-refractivity contribution in [3.8, 4) is 84.0 Å². The van der Waals surface area contributed by atoms with Crippen LogP contribution in [0.4, 0.5) is 14.6 Å². The molecule has 2 N–H and O–H groups in total. The topological polar surface area (TPSA) is 172 Å². The number of halogens is 2. The van der Waals surface area contributed by atoms with Gasteiger partial charge in [-0.3, -0.25) is 29.7 Å². The molecule has 0 radical (unpaired) electrons. The summed E-state index contributed by atoms with van der Waals surface area (Å²) < 4.78 is 42.8. The normalized spacial score (nSPS) is 11.7. The molecule has 12 aromatic rings. The Bertz CT molecular complexity index is 4720. The molecule has 14 nitrogen and oxygen atoms in total. The molecule has 0 aliphatic heterocycles. The fourth-order valence-corrected chi connectivity index (χ4v) is 12.1. The van der Waals surface area contributed by atoms with E-state index < -0.39 is 18.1 Å². The van der Waals surface area contributed by atoms with Crippen LogP contribution in [-0.2, 0) is 0 Å². The maximum atomic E-state index is 13.8. The molecule has 1 atom stereocenters. The Balaban J connectivity index is 0.000000166. The van der Waals surface area contributed by atoms with E-state index >= 15 is 0 Å². The van der Waals surface area contributed by atoms with Crippen molar-refractivity contribution < 1.29 is 27.8 Å². The fourth-order valence-electron chi connectivity index (χ4n) is 12.1. The fraction of sp³-hybridized carbons (Fsp3) is 0.309. The third kappa shape index (κ3) is 24.6. The van der Waals surface area contributed by atoms with Gasteiger partial charge in [0.25, 0.3) is 5.91 Å². The number of anilines is 1. The number of amides is 1. The zero-order valence-corrected chi connectivity index (χ0v) is 67.1. The highest BCUT2D eigenvalue weighted by Gasteiger charge is 2.24. The highest BCUT2D eigenvalue weighted by atomic mass is 19.1. The summed E-state index contributed by atoms with van der Waals surface area (Å²) in [6, 6.07) is 59.4.